The topological polar surface area (TPSA) is 34.1 Å². The Bertz CT molecular complexity index is 604. The van der Waals surface area contributed by atoms with Gasteiger partial charge >= 0.3 is 0 Å². The van der Waals surface area contributed by atoms with Crippen molar-refractivity contribution in [1.29, 1.82) is 0 Å². The average molecular weight is 423 g/mol. The van der Waals surface area contributed by atoms with Crippen molar-refractivity contribution in [2.45, 2.75) is 0 Å². The van der Waals surface area contributed by atoms with Crippen molar-refractivity contribution in [2.75, 3.05) is 56.4 Å². The monoisotopic (exact) mass is 422 g/mol. The Morgan fingerprint density at radius 2 is 0.714 bits per heavy atom. The maximum atomic E-state index is 10.5. The molecule has 0 aliphatic rings. The lowest BCUT2D eigenvalue weighted by atomic mass is 10.2. The van der Waals surface area contributed by atoms with Gasteiger partial charge in [-0.2, -0.15) is 0 Å². The van der Waals surface area contributed by atoms with Gasteiger partial charge < -0.3 is 43.8 Å². The molecule has 0 atom stereocenters. The average Bonchev–Trinajstić information content (AvgIpc) is 2.54. The minimum absolute atomic E-state index is 0.296. The SMILES string of the molecule is C[N+](C)(C)C.C[N+](C)(C)C.O=C([S-])c1ccccc1.O=C([S-])c1ccccc1. The predicted molar refractivity (Wildman–Crippen MR) is 124 cm³/mol. The summed E-state index contributed by atoms with van der Waals surface area (Å²) in [5.74, 6) is 0. The number of nitrogens with zero attached hydrogens (tertiary/aromatic N) is 2. The second-order valence-corrected chi connectivity index (χ2v) is 9.42. The molecule has 6 heteroatoms. The molecule has 156 valence electrons. The summed E-state index contributed by atoms with van der Waals surface area (Å²) in [6.07, 6.45) is 0. The molecule has 0 unspecified atom stereocenters. The molecule has 2 aromatic carbocycles. The summed E-state index contributed by atoms with van der Waals surface area (Å²) >= 11 is 8.81. The summed E-state index contributed by atoms with van der Waals surface area (Å²) in [5.41, 5.74) is 1.18. The second kappa shape index (κ2) is 14.2. The van der Waals surface area contributed by atoms with Gasteiger partial charge in [0.15, 0.2) is 0 Å². The highest BCUT2D eigenvalue weighted by molar-refractivity contribution is 7.78. The molecule has 0 spiro atoms. The summed E-state index contributed by atoms with van der Waals surface area (Å²) in [6, 6.07) is 17.7. The molecule has 2 rings (SSSR count). The summed E-state index contributed by atoms with van der Waals surface area (Å²) < 4.78 is 2.00. The predicted octanol–water partition coefficient (Wildman–Crippen LogP) is 3.39. The zero-order valence-corrected chi connectivity index (χ0v) is 19.9. The smallest absolute Gasteiger partial charge is 0.0675 e. The lowest BCUT2D eigenvalue weighted by molar-refractivity contribution is -0.849. The van der Waals surface area contributed by atoms with E-state index in [1.807, 2.05) is 12.1 Å². The highest BCUT2D eigenvalue weighted by atomic mass is 32.1. The van der Waals surface area contributed by atoms with E-state index in [1.165, 1.54) is 0 Å². The molecule has 0 heterocycles. The minimum Gasteiger partial charge on any atom is -0.737 e. The van der Waals surface area contributed by atoms with E-state index in [-0.39, 0.29) is 10.2 Å². The molecule has 0 amide bonds. The summed E-state index contributed by atoms with van der Waals surface area (Å²) in [5, 5.41) is -0.591. The molecule has 0 saturated heterocycles. The van der Waals surface area contributed by atoms with Gasteiger partial charge in [0, 0.05) is 10.2 Å². The molecular formula is C22H34N2O2S2. The maximum absolute atomic E-state index is 10.5. The van der Waals surface area contributed by atoms with Gasteiger partial charge in [-0.3, -0.25) is 0 Å². The number of carbonyl (C=O) groups excluding carboxylic acids is 2. The van der Waals surface area contributed by atoms with Crippen LogP contribution in [0.25, 0.3) is 0 Å². The molecule has 0 saturated carbocycles. The summed E-state index contributed by atoms with van der Waals surface area (Å²) in [7, 11) is 17.0. The molecule has 28 heavy (non-hydrogen) atoms. The van der Waals surface area contributed by atoms with Crippen molar-refractivity contribution in [2.24, 2.45) is 0 Å². The first kappa shape index (κ1) is 28.4. The standard InChI is InChI=1S/2C7H6OS.2C4H12N/c2*8-7(9)6-4-2-1-3-5-6;2*1-5(2,3)4/h2*1-5H,(H,8,9);2*1-4H3/q;;2*+1/p-2. The second-order valence-electron chi connectivity index (χ2n) is 8.67. The van der Waals surface area contributed by atoms with E-state index in [0.717, 1.165) is 8.97 Å². The van der Waals surface area contributed by atoms with Crippen molar-refractivity contribution >= 4 is 35.5 Å². The number of benzene rings is 2. The zero-order valence-electron chi connectivity index (χ0n) is 18.3. The van der Waals surface area contributed by atoms with Crippen molar-refractivity contribution in [3.05, 3.63) is 71.8 Å². The van der Waals surface area contributed by atoms with Crippen LogP contribution in [0.5, 0.6) is 0 Å². The summed E-state index contributed by atoms with van der Waals surface area (Å²) in [4.78, 5) is 20.9. The third kappa shape index (κ3) is 26.4. The van der Waals surface area contributed by atoms with Gasteiger partial charge in [0.25, 0.3) is 0 Å². The number of hydrogen-bond acceptors (Lipinski definition) is 4. The van der Waals surface area contributed by atoms with Gasteiger partial charge in [0.1, 0.15) is 0 Å². The van der Waals surface area contributed by atoms with Crippen LogP contribution in [0.2, 0.25) is 0 Å². The Morgan fingerprint density at radius 3 is 0.821 bits per heavy atom. The Kier molecular flexibility index (Phi) is 14.4. The van der Waals surface area contributed by atoms with Crippen molar-refractivity contribution in [3.8, 4) is 0 Å². The van der Waals surface area contributed by atoms with Gasteiger partial charge in [-0.05, 0) is 11.1 Å². The van der Waals surface area contributed by atoms with Crippen LogP contribution in [-0.2, 0) is 25.3 Å². The van der Waals surface area contributed by atoms with Crippen LogP contribution < -0.4 is 0 Å². The van der Waals surface area contributed by atoms with Gasteiger partial charge in [-0.25, -0.2) is 0 Å². The largest absolute Gasteiger partial charge is 0.737 e. The van der Waals surface area contributed by atoms with Crippen LogP contribution in [0, 0.1) is 0 Å². The molecule has 0 radical (unpaired) electrons. The first-order valence-corrected chi connectivity index (χ1v) is 9.53. The van der Waals surface area contributed by atoms with E-state index in [9.17, 15) is 9.59 Å². The lowest BCUT2D eigenvalue weighted by Gasteiger charge is -2.14. The molecule has 0 N–H and O–H groups in total. The first-order valence-electron chi connectivity index (χ1n) is 8.72. The third-order valence-corrected chi connectivity index (χ3v) is 2.49. The van der Waals surface area contributed by atoms with E-state index in [1.54, 1.807) is 48.5 Å². The quantitative estimate of drug-likeness (QED) is 0.549. The zero-order chi connectivity index (χ0) is 22.4. The van der Waals surface area contributed by atoms with Crippen molar-refractivity contribution < 1.29 is 18.6 Å². The van der Waals surface area contributed by atoms with Crippen molar-refractivity contribution in [1.82, 2.24) is 0 Å². The van der Waals surface area contributed by atoms with E-state index >= 15 is 0 Å². The van der Waals surface area contributed by atoms with E-state index < -0.39 is 0 Å². The number of hydrogen-bond donors (Lipinski definition) is 0. The van der Waals surface area contributed by atoms with Gasteiger partial charge in [0.2, 0.25) is 0 Å². The Morgan fingerprint density at radius 1 is 0.536 bits per heavy atom. The van der Waals surface area contributed by atoms with Crippen LogP contribution in [0.3, 0.4) is 0 Å². The molecule has 0 aliphatic heterocycles. The maximum Gasteiger partial charge on any atom is 0.0675 e. The van der Waals surface area contributed by atoms with Crippen LogP contribution in [0.4, 0.5) is 0 Å². The fourth-order valence-corrected chi connectivity index (χ4v) is 1.42. The van der Waals surface area contributed by atoms with Crippen LogP contribution in [0.1, 0.15) is 20.7 Å². The van der Waals surface area contributed by atoms with E-state index in [4.69, 9.17) is 0 Å². The fourth-order valence-electron chi connectivity index (χ4n) is 1.15. The van der Waals surface area contributed by atoms with Crippen LogP contribution in [0.15, 0.2) is 60.7 Å². The molecule has 2 aromatic rings. The Hall–Kier alpha value is -1.86. The van der Waals surface area contributed by atoms with Gasteiger partial charge in [0.05, 0.1) is 56.4 Å². The highest BCUT2D eigenvalue weighted by Crippen LogP contribution is 1.97. The molecule has 0 bridgehead atoms. The fraction of sp³-hybridized carbons (Fsp3) is 0.364. The Balaban J connectivity index is 0. The normalized spacial score (nSPS) is 10.0. The number of quaternary nitrogens is 2. The number of carbonyl (C=O) groups is 2. The summed E-state index contributed by atoms with van der Waals surface area (Å²) in [6.45, 7) is 0. The third-order valence-electron chi connectivity index (χ3n) is 2.02. The molecular weight excluding hydrogens is 388 g/mol. The van der Waals surface area contributed by atoms with E-state index in [0.29, 0.717) is 11.1 Å². The molecule has 0 aromatic heterocycles. The minimum atomic E-state index is -0.296. The Labute approximate surface area is 182 Å². The lowest BCUT2D eigenvalue weighted by Crippen LogP contribution is -2.27. The van der Waals surface area contributed by atoms with E-state index in [2.05, 4.69) is 81.6 Å². The molecule has 4 nitrogen and oxygen atoms in total. The van der Waals surface area contributed by atoms with Gasteiger partial charge in [-0.15, -0.1) is 0 Å². The van der Waals surface area contributed by atoms with Gasteiger partial charge in [-0.1, -0.05) is 60.7 Å². The highest BCUT2D eigenvalue weighted by Gasteiger charge is 1.89. The number of rotatable bonds is 2. The van der Waals surface area contributed by atoms with Crippen LogP contribution in [-0.4, -0.2) is 75.6 Å². The molecule has 0 fully saturated rings. The first-order chi connectivity index (χ1) is 12.6. The van der Waals surface area contributed by atoms with Crippen molar-refractivity contribution in [3.63, 3.8) is 0 Å². The molecule has 0 aliphatic carbocycles. The van der Waals surface area contributed by atoms with Crippen LogP contribution >= 0.6 is 0 Å².